The molecule has 1 aromatic heterocycles. The van der Waals surface area contributed by atoms with Crippen molar-refractivity contribution in [3.05, 3.63) is 63.6 Å². The Balaban J connectivity index is 1.98. The van der Waals surface area contributed by atoms with E-state index in [4.69, 9.17) is 17.3 Å². The second kappa shape index (κ2) is 9.70. The highest BCUT2D eigenvalue weighted by atomic mass is 35.5. The van der Waals surface area contributed by atoms with E-state index in [0.29, 0.717) is 42.4 Å². The van der Waals surface area contributed by atoms with Gasteiger partial charge in [-0.25, -0.2) is 9.37 Å². The molecular weight excluding hydrogens is 452 g/mol. The number of carbonyl (C=O) groups excluding carboxylic acids is 1. The number of hydrogen-bond donors (Lipinski definition) is 2. The van der Waals surface area contributed by atoms with Gasteiger partial charge in [0.25, 0.3) is 0 Å². The van der Waals surface area contributed by atoms with Crippen molar-refractivity contribution in [3.8, 4) is 0 Å². The third kappa shape index (κ3) is 4.78. The van der Waals surface area contributed by atoms with Crippen LogP contribution in [0.4, 0.5) is 17.6 Å². The molecule has 0 aliphatic carbocycles. The van der Waals surface area contributed by atoms with Crippen LogP contribution < -0.4 is 11.2 Å². The molecule has 2 aromatic rings. The molecule has 2 heterocycles. The van der Waals surface area contributed by atoms with Gasteiger partial charge in [-0.2, -0.15) is 18.3 Å². The van der Waals surface area contributed by atoms with Crippen molar-refractivity contribution in [2.75, 3.05) is 20.1 Å². The van der Waals surface area contributed by atoms with Crippen molar-refractivity contribution in [3.63, 3.8) is 0 Å². The summed E-state index contributed by atoms with van der Waals surface area (Å²) in [5.74, 6) is -0.977. The minimum Gasteiger partial charge on any atom is -0.363 e. The van der Waals surface area contributed by atoms with Gasteiger partial charge in [0, 0.05) is 32.3 Å². The number of halogens is 5. The van der Waals surface area contributed by atoms with E-state index in [-0.39, 0.29) is 23.7 Å². The summed E-state index contributed by atoms with van der Waals surface area (Å²) in [6.07, 6.45) is -0.976. The average molecular weight is 473 g/mol. The van der Waals surface area contributed by atoms with Gasteiger partial charge in [0.1, 0.15) is 10.8 Å². The zero-order valence-electron chi connectivity index (χ0n) is 17.0. The van der Waals surface area contributed by atoms with Gasteiger partial charge in [-0.3, -0.25) is 4.79 Å². The Hall–Kier alpha value is -2.92. The van der Waals surface area contributed by atoms with E-state index in [2.05, 4.69) is 15.5 Å². The molecule has 0 saturated carbocycles. The Morgan fingerprint density at radius 2 is 2.19 bits per heavy atom. The average Bonchev–Trinajstić information content (AvgIpc) is 3.17. The molecule has 0 bridgehead atoms. The third-order valence-corrected chi connectivity index (χ3v) is 5.47. The van der Waals surface area contributed by atoms with Gasteiger partial charge in [-0.1, -0.05) is 17.7 Å². The molecule has 0 saturated heterocycles. The smallest absolute Gasteiger partial charge is 0.363 e. The summed E-state index contributed by atoms with van der Waals surface area (Å²) in [5, 5.41) is 3.87. The largest absolute Gasteiger partial charge is 0.416 e. The van der Waals surface area contributed by atoms with Gasteiger partial charge < -0.3 is 20.6 Å². The molecule has 12 heteroatoms. The number of carbonyl (C=O) groups is 1. The second-order valence-electron chi connectivity index (χ2n) is 7.03. The molecule has 32 heavy (non-hydrogen) atoms. The predicted molar refractivity (Wildman–Crippen MR) is 111 cm³/mol. The molecule has 1 aliphatic rings. The number of nitrogens with one attached hydrogen (secondary N) is 1. The lowest BCUT2D eigenvalue weighted by atomic mass is 9.98. The Kier molecular flexibility index (Phi) is 7.19. The number of alkyl halides is 3. The van der Waals surface area contributed by atoms with Gasteiger partial charge in [-0.15, -0.1) is 0 Å². The minimum atomic E-state index is -4.74. The highest BCUT2D eigenvalue weighted by Gasteiger charge is 2.37. The highest BCUT2D eigenvalue weighted by molar-refractivity contribution is 6.40. The number of fused-ring (bicyclic) bond motifs is 1. The molecular formula is C20H21ClF4N6O. The maximum absolute atomic E-state index is 13.6. The quantitative estimate of drug-likeness (QED) is 0.213. The normalized spacial score (nSPS) is 16.0. The molecule has 172 valence electrons. The van der Waals surface area contributed by atoms with Crippen LogP contribution in [0.1, 0.15) is 28.6 Å². The van der Waals surface area contributed by atoms with Crippen molar-refractivity contribution < 1.29 is 22.4 Å². The predicted octanol–water partition coefficient (Wildman–Crippen LogP) is 2.80. The number of allylic oxidation sites excluding steroid dienone is 2. The Labute approximate surface area is 186 Å². The van der Waals surface area contributed by atoms with E-state index < -0.39 is 23.6 Å². The van der Waals surface area contributed by atoms with Crippen LogP contribution in [0.3, 0.4) is 0 Å². The van der Waals surface area contributed by atoms with Gasteiger partial charge >= 0.3 is 6.18 Å². The third-order valence-electron chi connectivity index (χ3n) is 5.19. The van der Waals surface area contributed by atoms with E-state index in [1.807, 2.05) is 0 Å². The summed E-state index contributed by atoms with van der Waals surface area (Å²) in [6.45, 7) is 0.545. The lowest BCUT2D eigenvalue weighted by molar-refractivity contribution is -0.138. The minimum absolute atomic E-state index is 0.0344. The van der Waals surface area contributed by atoms with Crippen LogP contribution >= 0.6 is 11.6 Å². The van der Waals surface area contributed by atoms with Crippen molar-refractivity contribution >= 4 is 24.1 Å². The maximum Gasteiger partial charge on any atom is 0.416 e. The number of hydrazone groups is 1. The van der Waals surface area contributed by atoms with E-state index in [0.717, 1.165) is 12.1 Å². The van der Waals surface area contributed by atoms with Crippen molar-refractivity contribution in [1.82, 2.24) is 19.9 Å². The molecule has 1 unspecified atom stereocenters. The van der Waals surface area contributed by atoms with E-state index in [1.165, 1.54) is 12.5 Å². The molecule has 0 radical (unpaired) electrons. The van der Waals surface area contributed by atoms with Crippen LogP contribution in [0.15, 0.2) is 40.4 Å². The van der Waals surface area contributed by atoms with Crippen LogP contribution in [-0.4, -0.2) is 47.1 Å². The Morgan fingerprint density at radius 3 is 2.81 bits per heavy atom. The summed E-state index contributed by atoms with van der Waals surface area (Å²) in [7, 11) is 1.59. The SMILES string of the molecule is CNN=C/C(=C(/Cl)C=O)N1CCc2c(ncn2C(CN)c2ccc(F)cc2C(F)(F)F)C1. The van der Waals surface area contributed by atoms with Crippen molar-refractivity contribution in [2.24, 2.45) is 10.8 Å². The van der Waals surface area contributed by atoms with E-state index in [9.17, 15) is 22.4 Å². The number of imidazole rings is 1. The van der Waals surface area contributed by atoms with Crippen molar-refractivity contribution in [1.29, 1.82) is 0 Å². The van der Waals surface area contributed by atoms with Gasteiger partial charge in [0.05, 0.1) is 42.1 Å². The molecule has 0 fully saturated rings. The monoisotopic (exact) mass is 472 g/mol. The summed E-state index contributed by atoms with van der Waals surface area (Å²) < 4.78 is 55.8. The number of aromatic nitrogens is 2. The van der Waals surface area contributed by atoms with Crippen LogP contribution in [0.5, 0.6) is 0 Å². The Bertz CT molecular complexity index is 1050. The maximum atomic E-state index is 13.6. The first kappa shape index (κ1) is 23.7. The van der Waals surface area contributed by atoms with Gasteiger partial charge in [0.15, 0.2) is 6.29 Å². The lowest BCUT2D eigenvalue weighted by Crippen LogP contribution is -2.33. The molecule has 1 aliphatic heterocycles. The summed E-state index contributed by atoms with van der Waals surface area (Å²) in [4.78, 5) is 17.3. The second-order valence-corrected chi connectivity index (χ2v) is 7.44. The zero-order valence-corrected chi connectivity index (χ0v) is 17.8. The molecule has 3 rings (SSSR count). The summed E-state index contributed by atoms with van der Waals surface area (Å²) in [5.41, 5.74) is 8.95. The number of benzene rings is 1. The Morgan fingerprint density at radius 1 is 1.44 bits per heavy atom. The molecule has 7 nitrogen and oxygen atoms in total. The lowest BCUT2D eigenvalue weighted by Gasteiger charge is -2.31. The topological polar surface area (TPSA) is 88.5 Å². The van der Waals surface area contributed by atoms with E-state index >= 15 is 0 Å². The first-order valence-corrected chi connectivity index (χ1v) is 10.00. The molecule has 1 aromatic carbocycles. The number of hydrogen-bond acceptors (Lipinski definition) is 6. The van der Waals surface area contributed by atoms with Gasteiger partial charge in [-0.05, 0) is 17.7 Å². The molecule has 0 amide bonds. The first-order chi connectivity index (χ1) is 15.2. The summed E-state index contributed by atoms with van der Waals surface area (Å²) >= 11 is 6.03. The van der Waals surface area contributed by atoms with Crippen LogP contribution in [-0.2, 0) is 23.9 Å². The number of rotatable bonds is 7. The van der Waals surface area contributed by atoms with Crippen LogP contribution in [0, 0.1) is 5.82 Å². The molecule has 1 atom stereocenters. The zero-order chi connectivity index (χ0) is 23.5. The fourth-order valence-electron chi connectivity index (χ4n) is 3.74. The molecule has 0 spiro atoms. The number of nitrogens with two attached hydrogens (primary N) is 1. The highest BCUT2D eigenvalue weighted by Crippen LogP contribution is 2.37. The standard InChI is InChI=1S/C20H21ClF4N6O/c1-27-29-8-19(15(21)10-32)30-5-4-17-16(9-30)28-11-31(17)18(7-26)13-3-2-12(22)6-14(13)20(23,24)25/h2-3,6,8,10-11,18,27H,4-5,7,9,26H2,1H3/b19-15-,29-8?. The van der Waals surface area contributed by atoms with Crippen LogP contribution in [0.2, 0.25) is 0 Å². The van der Waals surface area contributed by atoms with E-state index in [1.54, 1.807) is 16.5 Å². The number of aldehydes is 1. The fourth-order valence-corrected chi connectivity index (χ4v) is 3.91. The first-order valence-electron chi connectivity index (χ1n) is 9.62. The van der Waals surface area contributed by atoms with Crippen molar-refractivity contribution in [2.45, 2.75) is 25.2 Å². The fraction of sp³-hybridized carbons (Fsp3) is 0.350. The molecule has 3 N–H and O–H groups in total. The van der Waals surface area contributed by atoms with Crippen LogP contribution in [0.25, 0.3) is 0 Å². The van der Waals surface area contributed by atoms with Gasteiger partial charge in [0.2, 0.25) is 0 Å². The number of nitrogens with zero attached hydrogens (tertiary/aromatic N) is 4. The summed E-state index contributed by atoms with van der Waals surface area (Å²) in [6, 6.07) is 1.69.